The maximum Gasteiger partial charge on any atom is 0.129 e. The largest absolute Gasteiger partial charge is 0.376 e. The van der Waals surface area contributed by atoms with Crippen LogP contribution in [-0.2, 0) is 16.1 Å². The van der Waals surface area contributed by atoms with Crippen LogP contribution >= 0.6 is 15.9 Å². The van der Waals surface area contributed by atoms with Gasteiger partial charge in [0.05, 0.1) is 19.1 Å². The number of carbonyl (C=O) groups is 1. The monoisotopic (exact) mass is 332 g/mol. The van der Waals surface area contributed by atoms with Crippen molar-refractivity contribution in [1.82, 2.24) is 0 Å². The fourth-order valence-corrected chi connectivity index (χ4v) is 2.61. The number of rotatable bonds is 6. The molecule has 0 spiro atoms. The van der Waals surface area contributed by atoms with Crippen LogP contribution < -0.4 is 0 Å². The van der Waals surface area contributed by atoms with Crippen LogP contribution in [0.4, 0.5) is 0 Å². The number of aryl methyl sites for hydroxylation is 1. The van der Waals surface area contributed by atoms with Crippen molar-refractivity contribution >= 4 is 22.2 Å². The molecular weight excluding hydrogens is 316 g/mol. The van der Waals surface area contributed by atoms with E-state index in [1.807, 2.05) is 55.5 Å². The zero-order valence-electron chi connectivity index (χ0n) is 11.4. The van der Waals surface area contributed by atoms with Gasteiger partial charge in [-0.15, -0.1) is 0 Å². The lowest BCUT2D eigenvalue weighted by atomic mass is 9.97. The number of benzene rings is 2. The maximum absolute atomic E-state index is 11.3. The van der Waals surface area contributed by atoms with E-state index >= 15 is 0 Å². The van der Waals surface area contributed by atoms with Gasteiger partial charge in [-0.1, -0.05) is 52.3 Å². The molecule has 2 aromatic rings. The lowest BCUT2D eigenvalue weighted by Gasteiger charge is -2.14. The molecule has 0 aliphatic rings. The molecule has 1 atom stereocenters. The number of hydrogen-bond donors (Lipinski definition) is 0. The van der Waals surface area contributed by atoms with E-state index in [1.54, 1.807) is 0 Å². The van der Waals surface area contributed by atoms with Gasteiger partial charge < -0.3 is 9.53 Å². The summed E-state index contributed by atoms with van der Waals surface area (Å²) in [5.74, 6) is -0.216. The summed E-state index contributed by atoms with van der Waals surface area (Å²) >= 11 is 3.43. The van der Waals surface area contributed by atoms with Crippen molar-refractivity contribution in [1.29, 1.82) is 0 Å². The lowest BCUT2D eigenvalue weighted by Crippen LogP contribution is -2.10. The van der Waals surface area contributed by atoms with Crippen molar-refractivity contribution in [3.63, 3.8) is 0 Å². The normalized spacial score (nSPS) is 12.1. The van der Waals surface area contributed by atoms with Crippen LogP contribution in [0.2, 0.25) is 0 Å². The van der Waals surface area contributed by atoms with Crippen LogP contribution in [-0.4, -0.2) is 12.9 Å². The van der Waals surface area contributed by atoms with Gasteiger partial charge in [-0.25, -0.2) is 0 Å². The van der Waals surface area contributed by atoms with Crippen LogP contribution in [0.5, 0.6) is 0 Å². The third-order valence-corrected chi connectivity index (χ3v) is 3.70. The Labute approximate surface area is 127 Å². The number of aldehydes is 1. The first-order valence-electron chi connectivity index (χ1n) is 6.53. The SMILES string of the molecule is Cc1cc(Br)ccc1[C@@H](C=O)COCc1ccccc1. The first-order valence-corrected chi connectivity index (χ1v) is 7.33. The van der Waals surface area contributed by atoms with E-state index in [0.717, 1.165) is 27.4 Å². The van der Waals surface area contributed by atoms with Crippen molar-refractivity contribution in [2.45, 2.75) is 19.4 Å². The van der Waals surface area contributed by atoms with Gasteiger partial charge in [0.2, 0.25) is 0 Å². The fraction of sp³-hybridized carbons (Fsp3) is 0.235. The van der Waals surface area contributed by atoms with Crippen LogP contribution in [0.25, 0.3) is 0 Å². The Kier molecular flexibility index (Phi) is 5.50. The highest BCUT2D eigenvalue weighted by atomic mass is 79.9. The number of carbonyl (C=O) groups excluding carboxylic acids is 1. The third kappa shape index (κ3) is 4.02. The number of ether oxygens (including phenoxy) is 1. The summed E-state index contributed by atoms with van der Waals surface area (Å²) in [4.78, 5) is 11.3. The molecule has 3 heteroatoms. The second kappa shape index (κ2) is 7.36. The van der Waals surface area contributed by atoms with Gasteiger partial charge in [0, 0.05) is 4.47 Å². The van der Waals surface area contributed by atoms with Crippen molar-refractivity contribution in [3.05, 3.63) is 69.7 Å². The Morgan fingerprint density at radius 3 is 2.60 bits per heavy atom. The standard InChI is InChI=1S/C17H17BrO2/c1-13-9-16(18)7-8-17(13)15(10-19)12-20-11-14-5-3-2-4-6-14/h2-10,15H,11-12H2,1H3/t15-/m0/s1. The molecule has 0 N–H and O–H groups in total. The first-order chi connectivity index (χ1) is 9.70. The average molecular weight is 333 g/mol. The van der Waals surface area contributed by atoms with Gasteiger partial charge in [0.25, 0.3) is 0 Å². The summed E-state index contributed by atoms with van der Waals surface area (Å²) < 4.78 is 6.69. The molecule has 0 aromatic heterocycles. The van der Waals surface area contributed by atoms with Crippen molar-refractivity contribution in [3.8, 4) is 0 Å². The van der Waals surface area contributed by atoms with E-state index in [0.29, 0.717) is 13.2 Å². The van der Waals surface area contributed by atoms with Crippen molar-refractivity contribution in [2.24, 2.45) is 0 Å². The minimum Gasteiger partial charge on any atom is -0.376 e. The summed E-state index contributed by atoms with van der Waals surface area (Å²) in [6, 6.07) is 15.9. The molecule has 2 aromatic carbocycles. The smallest absolute Gasteiger partial charge is 0.129 e. The first kappa shape index (κ1) is 14.9. The molecule has 0 aliphatic heterocycles. The zero-order chi connectivity index (χ0) is 14.4. The summed E-state index contributed by atoms with van der Waals surface area (Å²) in [7, 11) is 0. The Morgan fingerprint density at radius 1 is 1.20 bits per heavy atom. The van der Waals surface area contributed by atoms with Gasteiger partial charge in [-0.2, -0.15) is 0 Å². The van der Waals surface area contributed by atoms with E-state index in [2.05, 4.69) is 15.9 Å². The Morgan fingerprint density at radius 2 is 1.95 bits per heavy atom. The molecule has 0 saturated carbocycles. The summed E-state index contributed by atoms with van der Waals surface area (Å²) in [6.45, 7) is 2.94. The van der Waals surface area contributed by atoms with E-state index in [9.17, 15) is 4.79 Å². The number of halogens is 1. The minimum atomic E-state index is -0.216. The number of hydrogen-bond acceptors (Lipinski definition) is 2. The average Bonchev–Trinajstić information content (AvgIpc) is 2.46. The van der Waals surface area contributed by atoms with E-state index in [1.165, 1.54) is 0 Å². The molecule has 0 saturated heterocycles. The maximum atomic E-state index is 11.3. The van der Waals surface area contributed by atoms with Crippen LogP contribution in [0, 0.1) is 6.92 Å². The second-order valence-electron chi connectivity index (χ2n) is 4.74. The Balaban J connectivity index is 1.97. The van der Waals surface area contributed by atoms with Gasteiger partial charge in [-0.05, 0) is 35.7 Å². The van der Waals surface area contributed by atoms with Gasteiger partial charge in [-0.3, -0.25) is 0 Å². The predicted molar refractivity (Wildman–Crippen MR) is 83.8 cm³/mol. The van der Waals surface area contributed by atoms with Gasteiger partial charge in [0.1, 0.15) is 6.29 Å². The summed E-state index contributed by atoms with van der Waals surface area (Å²) in [5.41, 5.74) is 3.24. The molecule has 0 unspecified atom stereocenters. The lowest BCUT2D eigenvalue weighted by molar-refractivity contribution is -0.110. The van der Waals surface area contributed by atoms with Gasteiger partial charge >= 0.3 is 0 Å². The Bertz CT molecular complexity index is 566. The van der Waals surface area contributed by atoms with E-state index in [-0.39, 0.29) is 5.92 Å². The third-order valence-electron chi connectivity index (χ3n) is 3.20. The second-order valence-corrected chi connectivity index (χ2v) is 5.66. The fourth-order valence-electron chi connectivity index (χ4n) is 2.14. The molecule has 0 radical (unpaired) electrons. The molecule has 0 heterocycles. The highest BCUT2D eigenvalue weighted by molar-refractivity contribution is 9.10. The van der Waals surface area contributed by atoms with Crippen LogP contribution in [0.1, 0.15) is 22.6 Å². The minimum absolute atomic E-state index is 0.216. The van der Waals surface area contributed by atoms with Crippen LogP contribution in [0.15, 0.2) is 53.0 Å². The molecule has 104 valence electrons. The molecule has 0 fully saturated rings. The molecule has 0 aliphatic carbocycles. The molecule has 20 heavy (non-hydrogen) atoms. The Hall–Kier alpha value is -1.45. The zero-order valence-corrected chi connectivity index (χ0v) is 13.0. The molecule has 0 bridgehead atoms. The molecule has 2 rings (SSSR count). The van der Waals surface area contributed by atoms with Gasteiger partial charge in [0.15, 0.2) is 0 Å². The molecule has 0 amide bonds. The van der Waals surface area contributed by atoms with Crippen LogP contribution in [0.3, 0.4) is 0 Å². The molecular formula is C17H17BrO2. The van der Waals surface area contributed by atoms with E-state index < -0.39 is 0 Å². The summed E-state index contributed by atoms with van der Waals surface area (Å²) in [6.07, 6.45) is 0.960. The highest BCUT2D eigenvalue weighted by Gasteiger charge is 2.13. The predicted octanol–water partition coefficient (Wildman–Crippen LogP) is 4.26. The highest BCUT2D eigenvalue weighted by Crippen LogP contribution is 2.22. The van der Waals surface area contributed by atoms with Crippen molar-refractivity contribution in [2.75, 3.05) is 6.61 Å². The van der Waals surface area contributed by atoms with Crippen molar-refractivity contribution < 1.29 is 9.53 Å². The van der Waals surface area contributed by atoms with E-state index in [4.69, 9.17) is 4.74 Å². The summed E-state index contributed by atoms with van der Waals surface area (Å²) in [5, 5.41) is 0. The quantitative estimate of drug-likeness (QED) is 0.739. The topological polar surface area (TPSA) is 26.3 Å². The molecule has 2 nitrogen and oxygen atoms in total.